The van der Waals surface area contributed by atoms with Gasteiger partial charge in [-0.1, -0.05) is 18.2 Å². The van der Waals surface area contributed by atoms with Crippen molar-refractivity contribution in [2.75, 3.05) is 6.54 Å². The van der Waals surface area contributed by atoms with Gasteiger partial charge in [-0.25, -0.2) is 4.79 Å². The summed E-state index contributed by atoms with van der Waals surface area (Å²) in [6.45, 7) is 4.17. The number of nitrogens with zero attached hydrogens (tertiary/aromatic N) is 2. The molecule has 0 spiro atoms. The second-order valence-electron chi connectivity index (χ2n) is 3.88. The van der Waals surface area contributed by atoms with Crippen LogP contribution in [0.25, 0.3) is 0 Å². The summed E-state index contributed by atoms with van der Waals surface area (Å²) in [7, 11) is 0. The summed E-state index contributed by atoms with van der Waals surface area (Å²) in [6.07, 6.45) is -0.108. The van der Waals surface area contributed by atoms with E-state index in [9.17, 15) is 4.79 Å². The molecular formula is C13H16N2O2. The van der Waals surface area contributed by atoms with Crippen LogP contribution in [0, 0.1) is 11.3 Å². The molecule has 0 radical (unpaired) electrons. The number of hydrogen-bond donors (Lipinski definition) is 0. The number of hydrogen-bond acceptors (Lipinski definition) is 3. The standard InChI is InChI=1S/C13H16N2O2/c1-11(2)15(10-6-9-14)13(16)17-12-7-4-3-5-8-12/h3-5,7-8,11H,6,10H2,1-2H3. The van der Waals surface area contributed by atoms with Gasteiger partial charge in [0.15, 0.2) is 0 Å². The average Bonchev–Trinajstić information content (AvgIpc) is 2.30. The van der Waals surface area contributed by atoms with E-state index in [0.29, 0.717) is 18.7 Å². The van der Waals surface area contributed by atoms with Crippen LogP contribution in [0.4, 0.5) is 4.79 Å². The van der Waals surface area contributed by atoms with Crippen molar-refractivity contribution in [1.82, 2.24) is 4.90 Å². The Kier molecular flexibility index (Phi) is 5.02. The van der Waals surface area contributed by atoms with Crippen LogP contribution >= 0.6 is 0 Å². The van der Waals surface area contributed by atoms with Gasteiger partial charge in [-0.3, -0.25) is 0 Å². The monoisotopic (exact) mass is 232 g/mol. The van der Waals surface area contributed by atoms with Crippen molar-refractivity contribution in [3.05, 3.63) is 30.3 Å². The zero-order chi connectivity index (χ0) is 12.7. The molecule has 0 aliphatic rings. The number of rotatable bonds is 4. The Hall–Kier alpha value is -2.02. The maximum Gasteiger partial charge on any atom is 0.415 e. The Morgan fingerprint density at radius 1 is 1.41 bits per heavy atom. The van der Waals surface area contributed by atoms with E-state index in [1.54, 1.807) is 24.3 Å². The molecule has 1 aromatic rings. The first-order valence-corrected chi connectivity index (χ1v) is 5.55. The van der Waals surface area contributed by atoms with Crippen molar-refractivity contribution in [3.8, 4) is 11.8 Å². The van der Waals surface area contributed by atoms with Crippen molar-refractivity contribution in [1.29, 1.82) is 5.26 Å². The van der Waals surface area contributed by atoms with Crippen molar-refractivity contribution >= 4 is 6.09 Å². The van der Waals surface area contributed by atoms with Gasteiger partial charge in [-0.2, -0.15) is 5.26 Å². The molecule has 0 heterocycles. The number of para-hydroxylation sites is 1. The second kappa shape index (κ2) is 6.54. The van der Waals surface area contributed by atoms with Crippen molar-refractivity contribution in [3.63, 3.8) is 0 Å². The first-order chi connectivity index (χ1) is 8.15. The Labute approximate surface area is 101 Å². The van der Waals surface area contributed by atoms with Crippen LogP contribution in [0.1, 0.15) is 20.3 Å². The normalized spacial score (nSPS) is 9.76. The molecular weight excluding hydrogens is 216 g/mol. The zero-order valence-corrected chi connectivity index (χ0v) is 10.1. The lowest BCUT2D eigenvalue weighted by Gasteiger charge is -2.24. The van der Waals surface area contributed by atoms with Crippen LogP contribution in [0.5, 0.6) is 5.75 Å². The van der Waals surface area contributed by atoms with E-state index in [2.05, 4.69) is 0 Å². The number of carbonyl (C=O) groups is 1. The summed E-state index contributed by atoms with van der Waals surface area (Å²) >= 11 is 0. The number of carbonyl (C=O) groups excluding carboxylic acids is 1. The third-order valence-electron chi connectivity index (χ3n) is 2.27. The molecule has 0 atom stereocenters. The largest absolute Gasteiger partial charge is 0.415 e. The van der Waals surface area contributed by atoms with Gasteiger partial charge >= 0.3 is 6.09 Å². The van der Waals surface area contributed by atoms with Gasteiger partial charge in [0, 0.05) is 12.6 Å². The quantitative estimate of drug-likeness (QED) is 0.802. The molecule has 1 aromatic carbocycles. The molecule has 90 valence electrons. The summed E-state index contributed by atoms with van der Waals surface area (Å²) in [5, 5.41) is 8.54. The van der Waals surface area contributed by atoms with Gasteiger partial charge in [0.1, 0.15) is 5.75 Å². The van der Waals surface area contributed by atoms with Crippen LogP contribution < -0.4 is 4.74 Å². The molecule has 0 aliphatic heterocycles. The Bertz CT molecular complexity index is 396. The third-order valence-corrected chi connectivity index (χ3v) is 2.27. The van der Waals surface area contributed by atoms with Gasteiger partial charge < -0.3 is 9.64 Å². The van der Waals surface area contributed by atoms with Crippen LogP contribution in [-0.2, 0) is 0 Å². The highest BCUT2D eigenvalue weighted by molar-refractivity contribution is 5.71. The van der Waals surface area contributed by atoms with Crippen molar-refractivity contribution in [2.45, 2.75) is 26.3 Å². The zero-order valence-electron chi connectivity index (χ0n) is 10.1. The molecule has 0 saturated heterocycles. The van der Waals surface area contributed by atoms with E-state index in [-0.39, 0.29) is 6.04 Å². The fourth-order valence-electron chi connectivity index (χ4n) is 1.38. The van der Waals surface area contributed by atoms with Gasteiger partial charge in [-0.15, -0.1) is 0 Å². The topological polar surface area (TPSA) is 53.3 Å². The number of amides is 1. The summed E-state index contributed by atoms with van der Waals surface area (Å²) in [5.74, 6) is 0.514. The Morgan fingerprint density at radius 3 is 2.59 bits per heavy atom. The van der Waals surface area contributed by atoms with E-state index in [1.807, 2.05) is 26.0 Å². The molecule has 1 amide bonds. The fourth-order valence-corrected chi connectivity index (χ4v) is 1.38. The molecule has 0 unspecified atom stereocenters. The minimum Gasteiger partial charge on any atom is -0.410 e. The van der Waals surface area contributed by atoms with Gasteiger partial charge in [0.2, 0.25) is 0 Å². The van der Waals surface area contributed by atoms with Crippen molar-refractivity contribution in [2.24, 2.45) is 0 Å². The summed E-state index contributed by atoms with van der Waals surface area (Å²) in [6, 6.07) is 10.9. The highest BCUT2D eigenvalue weighted by Crippen LogP contribution is 2.11. The summed E-state index contributed by atoms with van der Waals surface area (Å²) in [4.78, 5) is 13.4. The molecule has 0 saturated carbocycles. The molecule has 0 bridgehead atoms. The lowest BCUT2D eigenvalue weighted by Crippen LogP contribution is -2.39. The maximum absolute atomic E-state index is 11.9. The smallest absolute Gasteiger partial charge is 0.410 e. The van der Waals surface area contributed by atoms with Crippen LogP contribution in [0.2, 0.25) is 0 Å². The molecule has 0 fully saturated rings. The van der Waals surface area contributed by atoms with Crippen LogP contribution in [0.15, 0.2) is 30.3 Å². The van der Waals surface area contributed by atoms with Crippen LogP contribution in [0.3, 0.4) is 0 Å². The molecule has 1 rings (SSSR count). The number of nitriles is 1. The van der Waals surface area contributed by atoms with E-state index in [4.69, 9.17) is 10.00 Å². The van der Waals surface area contributed by atoms with E-state index in [1.165, 1.54) is 4.90 Å². The SMILES string of the molecule is CC(C)N(CCC#N)C(=O)Oc1ccccc1. The minimum atomic E-state index is -0.415. The molecule has 0 N–H and O–H groups in total. The number of ether oxygens (including phenoxy) is 1. The van der Waals surface area contributed by atoms with E-state index < -0.39 is 6.09 Å². The lowest BCUT2D eigenvalue weighted by atomic mass is 10.3. The number of benzene rings is 1. The minimum absolute atomic E-state index is 0.0135. The van der Waals surface area contributed by atoms with Gasteiger partial charge in [0.25, 0.3) is 0 Å². The predicted octanol–water partition coefficient (Wildman–Crippen LogP) is 2.81. The Balaban J connectivity index is 2.63. The van der Waals surface area contributed by atoms with Gasteiger partial charge in [-0.05, 0) is 26.0 Å². The molecule has 0 aromatic heterocycles. The molecule has 4 heteroatoms. The first kappa shape index (κ1) is 13.0. The lowest BCUT2D eigenvalue weighted by molar-refractivity contribution is 0.140. The highest BCUT2D eigenvalue weighted by Gasteiger charge is 2.18. The third kappa shape index (κ3) is 4.15. The van der Waals surface area contributed by atoms with E-state index in [0.717, 1.165) is 0 Å². The first-order valence-electron chi connectivity index (χ1n) is 5.55. The molecule has 17 heavy (non-hydrogen) atoms. The summed E-state index contributed by atoms with van der Waals surface area (Å²) in [5.41, 5.74) is 0. The highest BCUT2D eigenvalue weighted by atomic mass is 16.6. The van der Waals surface area contributed by atoms with Gasteiger partial charge in [0.05, 0.1) is 12.5 Å². The van der Waals surface area contributed by atoms with Crippen LogP contribution in [-0.4, -0.2) is 23.6 Å². The summed E-state index contributed by atoms with van der Waals surface area (Å²) < 4.78 is 5.21. The fraction of sp³-hybridized carbons (Fsp3) is 0.385. The molecule has 4 nitrogen and oxygen atoms in total. The maximum atomic E-state index is 11.9. The van der Waals surface area contributed by atoms with Crippen molar-refractivity contribution < 1.29 is 9.53 Å². The van der Waals surface area contributed by atoms with E-state index >= 15 is 0 Å². The average molecular weight is 232 g/mol. The Morgan fingerprint density at radius 2 is 2.06 bits per heavy atom. The predicted molar refractivity (Wildman–Crippen MR) is 64.5 cm³/mol. The molecule has 0 aliphatic carbocycles. The second-order valence-corrected chi connectivity index (χ2v) is 3.88.